The molecule has 2 aromatic carbocycles. The van der Waals surface area contributed by atoms with Crippen LogP contribution in [0.3, 0.4) is 0 Å². The van der Waals surface area contributed by atoms with E-state index in [2.05, 4.69) is 0 Å². The molecule has 1 aliphatic heterocycles. The molecule has 1 aliphatic rings. The van der Waals surface area contributed by atoms with Gasteiger partial charge in [-0.3, -0.25) is 9.59 Å². The van der Waals surface area contributed by atoms with Crippen molar-refractivity contribution in [1.82, 2.24) is 0 Å². The van der Waals surface area contributed by atoms with E-state index < -0.39 is 0 Å². The lowest BCUT2D eigenvalue weighted by molar-refractivity contribution is -0.137. The average molecular weight is 324 g/mol. The Bertz CT molecular complexity index is 722. The fourth-order valence-corrected chi connectivity index (χ4v) is 2.78. The Morgan fingerprint density at radius 1 is 0.667 bits per heavy atom. The van der Waals surface area contributed by atoms with Crippen LogP contribution in [-0.2, 0) is 9.59 Å². The molecule has 0 N–H and O–H groups in total. The molecule has 0 atom stereocenters. The number of carbonyl (C=O) groups excluding carboxylic acids is 2. The maximum absolute atomic E-state index is 12.2. The van der Waals surface area contributed by atoms with E-state index in [1.54, 1.807) is 12.1 Å². The Labute approximate surface area is 141 Å². The number of rotatable bonds is 1. The third-order valence-electron chi connectivity index (χ3n) is 4.02. The van der Waals surface area contributed by atoms with Gasteiger partial charge in [0.25, 0.3) is 0 Å². The molecule has 0 fully saturated rings. The minimum Gasteiger partial charge on any atom is -0.422 e. The van der Waals surface area contributed by atoms with E-state index >= 15 is 0 Å². The molecule has 1 heterocycles. The van der Waals surface area contributed by atoms with E-state index in [9.17, 15) is 9.59 Å². The number of ether oxygens (including phenoxy) is 2. The third-order valence-corrected chi connectivity index (χ3v) is 4.02. The first-order chi connectivity index (χ1) is 11.7. The normalized spacial score (nSPS) is 16.2. The van der Waals surface area contributed by atoms with Crippen LogP contribution in [0.1, 0.15) is 38.5 Å². The lowest BCUT2D eigenvalue weighted by Crippen LogP contribution is -2.13. The molecular weight excluding hydrogens is 304 g/mol. The highest BCUT2D eigenvalue weighted by molar-refractivity contribution is 5.82. The van der Waals surface area contributed by atoms with Crippen LogP contribution in [0.5, 0.6) is 11.5 Å². The van der Waals surface area contributed by atoms with Gasteiger partial charge in [-0.05, 0) is 24.5 Å². The van der Waals surface area contributed by atoms with E-state index in [-0.39, 0.29) is 11.9 Å². The zero-order valence-electron chi connectivity index (χ0n) is 13.5. The van der Waals surface area contributed by atoms with Gasteiger partial charge in [0, 0.05) is 18.4 Å². The smallest absolute Gasteiger partial charge is 0.311 e. The Balaban J connectivity index is 2.01. The third kappa shape index (κ3) is 4.02. The van der Waals surface area contributed by atoms with Crippen molar-refractivity contribution in [3.63, 3.8) is 0 Å². The quantitative estimate of drug-likeness (QED) is 0.572. The van der Waals surface area contributed by atoms with Crippen LogP contribution in [0.2, 0.25) is 0 Å². The summed E-state index contributed by atoms with van der Waals surface area (Å²) in [6.07, 6.45) is 4.13. The number of hydrogen-bond acceptors (Lipinski definition) is 4. The molecule has 0 unspecified atom stereocenters. The molecular formula is C20H20O4. The van der Waals surface area contributed by atoms with Crippen LogP contribution >= 0.6 is 0 Å². The lowest BCUT2D eigenvalue weighted by Gasteiger charge is -2.15. The zero-order valence-corrected chi connectivity index (χ0v) is 13.5. The van der Waals surface area contributed by atoms with Crippen LogP contribution < -0.4 is 9.47 Å². The molecule has 4 heteroatoms. The van der Waals surface area contributed by atoms with Gasteiger partial charge in [-0.15, -0.1) is 0 Å². The maximum atomic E-state index is 12.2. The zero-order chi connectivity index (χ0) is 16.8. The highest BCUT2D eigenvalue weighted by atomic mass is 16.6. The summed E-state index contributed by atoms with van der Waals surface area (Å²) in [7, 11) is 0. The van der Waals surface area contributed by atoms with Gasteiger partial charge in [0.15, 0.2) is 11.5 Å². The number of esters is 2. The average Bonchev–Trinajstić information content (AvgIpc) is 2.59. The molecule has 24 heavy (non-hydrogen) atoms. The van der Waals surface area contributed by atoms with Crippen molar-refractivity contribution in [2.24, 2.45) is 0 Å². The molecule has 2 aromatic rings. The summed E-state index contributed by atoms with van der Waals surface area (Å²) in [5.41, 5.74) is 1.65. The van der Waals surface area contributed by atoms with Gasteiger partial charge in [-0.2, -0.15) is 0 Å². The van der Waals surface area contributed by atoms with Crippen LogP contribution in [0.25, 0.3) is 11.1 Å². The molecule has 0 aliphatic carbocycles. The van der Waals surface area contributed by atoms with E-state index in [1.807, 2.05) is 36.4 Å². The number of para-hydroxylation sites is 1. The summed E-state index contributed by atoms with van der Waals surface area (Å²) in [4.78, 5) is 24.2. The Morgan fingerprint density at radius 2 is 1.33 bits per heavy atom. The molecule has 0 saturated carbocycles. The first-order valence-electron chi connectivity index (χ1n) is 8.34. The second-order valence-corrected chi connectivity index (χ2v) is 5.86. The largest absolute Gasteiger partial charge is 0.422 e. The first kappa shape index (κ1) is 16.2. The summed E-state index contributed by atoms with van der Waals surface area (Å²) in [6, 6.07) is 14.9. The van der Waals surface area contributed by atoms with Crippen molar-refractivity contribution in [3.8, 4) is 22.6 Å². The molecule has 0 bridgehead atoms. The number of carbonyl (C=O) groups is 2. The van der Waals surface area contributed by atoms with Crippen molar-refractivity contribution in [2.75, 3.05) is 0 Å². The molecule has 3 rings (SSSR count). The number of fused-ring (bicyclic) bond motifs is 1. The minimum absolute atomic E-state index is 0.293. The van der Waals surface area contributed by atoms with E-state index in [0.29, 0.717) is 24.3 Å². The van der Waals surface area contributed by atoms with Crippen LogP contribution in [0, 0.1) is 0 Å². The molecule has 0 aromatic heterocycles. The second kappa shape index (κ2) is 7.77. The number of benzene rings is 2. The fraction of sp³-hybridized carbons (Fsp3) is 0.300. The van der Waals surface area contributed by atoms with E-state index in [0.717, 1.165) is 36.8 Å². The van der Waals surface area contributed by atoms with Crippen LogP contribution in [0.4, 0.5) is 0 Å². The van der Waals surface area contributed by atoms with Gasteiger partial charge in [-0.1, -0.05) is 55.3 Å². The predicted octanol–water partition coefficient (Wildman–Crippen LogP) is 4.52. The van der Waals surface area contributed by atoms with Crippen molar-refractivity contribution in [3.05, 3.63) is 48.5 Å². The summed E-state index contributed by atoms with van der Waals surface area (Å²) in [5.74, 6) is 0.0345. The topological polar surface area (TPSA) is 52.6 Å². The summed E-state index contributed by atoms with van der Waals surface area (Å²) in [6.45, 7) is 0. The van der Waals surface area contributed by atoms with Crippen LogP contribution in [0.15, 0.2) is 48.5 Å². The standard InChI is InChI=1S/C20H20O4/c21-18-13-6-1-2-7-14-19(22)24-20-16(11-8-12-17(20)23-18)15-9-4-3-5-10-15/h3-5,8-12H,1-2,6-7,13-14H2. The summed E-state index contributed by atoms with van der Waals surface area (Å²) >= 11 is 0. The maximum Gasteiger partial charge on any atom is 0.311 e. The highest BCUT2D eigenvalue weighted by Gasteiger charge is 2.19. The predicted molar refractivity (Wildman–Crippen MR) is 90.9 cm³/mol. The molecule has 0 saturated heterocycles. The lowest BCUT2D eigenvalue weighted by atomic mass is 10.0. The van der Waals surface area contributed by atoms with Crippen molar-refractivity contribution < 1.29 is 19.1 Å². The van der Waals surface area contributed by atoms with Crippen molar-refractivity contribution in [1.29, 1.82) is 0 Å². The van der Waals surface area contributed by atoms with E-state index in [4.69, 9.17) is 9.47 Å². The number of hydrogen-bond donors (Lipinski definition) is 0. The van der Waals surface area contributed by atoms with Gasteiger partial charge in [0.1, 0.15) is 0 Å². The van der Waals surface area contributed by atoms with Gasteiger partial charge >= 0.3 is 11.9 Å². The van der Waals surface area contributed by atoms with Crippen LogP contribution in [-0.4, -0.2) is 11.9 Å². The summed E-state index contributed by atoms with van der Waals surface area (Å²) < 4.78 is 11.0. The van der Waals surface area contributed by atoms with Gasteiger partial charge in [-0.25, -0.2) is 0 Å². The van der Waals surface area contributed by atoms with Gasteiger partial charge in [0.2, 0.25) is 0 Å². The first-order valence-corrected chi connectivity index (χ1v) is 8.34. The molecule has 0 radical (unpaired) electrons. The fourth-order valence-electron chi connectivity index (χ4n) is 2.78. The Hall–Kier alpha value is -2.62. The van der Waals surface area contributed by atoms with E-state index in [1.165, 1.54) is 0 Å². The van der Waals surface area contributed by atoms with Gasteiger partial charge in [0.05, 0.1) is 0 Å². The summed E-state index contributed by atoms with van der Waals surface area (Å²) in [5, 5.41) is 0. The minimum atomic E-state index is -0.295. The molecule has 0 amide bonds. The Morgan fingerprint density at radius 3 is 2.04 bits per heavy atom. The van der Waals surface area contributed by atoms with Gasteiger partial charge < -0.3 is 9.47 Å². The monoisotopic (exact) mass is 324 g/mol. The molecule has 124 valence electrons. The molecule has 0 spiro atoms. The van der Waals surface area contributed by atoms with Crippen molar-refractivity contribution >= 4 is 11.9 Å². The Kier molecular flexibility index (Phi) is 5.26. The molecule has 4 nitrogen and oxygen atoms in total. The second-order valence-electron chi connectivity index (χ2n) is 5.86. The highest BCUT2D eigenvalue weighted by Crippen LogP contribution is 2.39. The van der Waals surface area contributed by atoms with Crippen molar-refractivity contribution in [2.45, 2.75) is 38.5 Å². The SMILES string of the molecule is O=C1CCCCCCC(=O)Oc2c(cccc2-c2ccccc2)O1.